The number of nitrogens with zero attached hydrogens (tertiary/aromatic N) is 1. The maximum Gasteiger partial charge on any atom is 0.0742 e. The summed E-state index contributed by atoms with van der Waals surface area (Å²) in [6.45, 7) is 1.95. The second kappa shape index (κ2) is 5.36. The van der Waals surface area contributed by atoms with Gasteiger partial charge in [-0.05, 0) is 12.2 Å². The Morgan fingerprint density at radius 3 is 2.86 bits per heavy atom. The van der Waals surface area contributed by atoms with E-state index in [1.165, 1.54) is 0 Å². The Labute approximate surface area is 48.5 Å². The molecule has 0 radical (unpaired) electrons. The van der Waals surface area contributed by atoms with Crippen LogP contribution >= 0.6 is 12.2 Å². The number of hydrogen-bond donors (Lipinski definition) is 0. The van der Waals surface area contributed by atoms with Crippen molar-refractivity contribution in [3.8, 4) is 12.0 Å². The van der Waals surface area contributed by atoms with Gasteiger partial charge in [0.05, 0.1) is 5.16 Å². The molecule has 0 aliphatic heterocycles. The summed E-state index contributed by atoms with van der Waals surface area (Å²) in [5.41, 5.74) is 0. The zero-order chi connectivity index (χ0) is 5.54. The fourth-order valence-corrected chi connectivity index (χ4v) is 0.187. The summed E-state index contributed by atoms with van der Waals surface area (Å²) >= 11 is 4.25. The van der Waals surface area contributed by atoms with Crippen LogP contribution in [0.15, 0.2) is 4.99 Å². The van der Waals surface area contributed by atoms with Crippen LogP contribution in [-0.4, -0.2) is 5.16 Å². The van der Waals surface area contributed by atoms with Crippen molar-refractivity contribution in [1.29, 1.82) is 0 Å². The van der Waals surface area contributed by atoms with E-state index >= 15 is 0 Å². The Bertz CT molecular complexity index is 134. The van der Waals surface area contributed by atoms with Crippen LogP contribution in [-0.2, 0) is 0 Å². The van der Waals surface area contributed by atoms with Crippen LogP contribution in [0.25, 0.3) is 0 Å². The predicted octanol–water partition coefficient (Wildman–Crippen LogP) is 1.46. The minimum Gasteiger partial charge on any atom is -0.142 e. The SMILES string of the molecule is CCC#CN=C=S. The van der Waals surface area contributed by atoms with Gasteiger partial charge in [0.2, 0.25) is 0 Å². The van der Waals surface area contributed by atoms with Crippen molar-refractivity contribution in [2.75, 3.05) is 0 Å². The Balaban J connectivity index is 3.45. The minimum absolute atomic E-state index is 0.820. The molecule has 0 aromatic rings. The molecule has 0 spiro atoms. The topological polar surface area (TPSA) is 12.4 Å². The molecule has 0 aliphatic carbocycles. The van der Waals surface area contributed by atoms with E-state index in [4.69, 9.17) is 0 Å². The van der Waals surface area contributed by atoms with Crippen LogP contribution in [0.2, 0.25) is 0 Å². The van der Waals surface area contributed by atoms with E-state index < -0.39 is 0 Å². The van der Waals surface area contributed by atoms with Crippen LogP contribution in [0.1, 0.15) is 13.3 Å². The average molecular weight is 111 g/mol. The first-order chi connectivity index (χ1) is 3.41. The van der Waals surface area contributed by atoms with Gasteiger partial charge in [-0.15, -0.1) is 4.99 Å². The molecule has 2 heteroatoms. The molecule has 0 unspecified atom stereocenters. The van der Waals surface area contributed by atoms with Crippen molar-refractivity contribution in [2.24, 2.45) is 4.99 Å². The molecule has 0 amide bonds. The fourth-order valence-electron chi connectivity index (χ4n) is 0.141. The smallest absolute Gasteiger partial charge is 0.0742 e. The summed E-state index contributed by atoms with van der Waals surface area (Å²) in [4.78, 5) is 3.37. The summed E-state index contributed by atoms with van der Waals surface area (Å²) in [6, 6.07) is 2.44. The quantitative estimate of drug-likeness (QED) is 0.262. The molecule has 1 nitrogen and oxygen atoms in total. The molecule has 0 fully saturated rings. The lowest BCUT2D eigenvalue weighted by Gasteiger charge is -1.59. The molecule has 0 aromatic carbocycles. The van der Waals surface area contributed by atoms with Crippen LogP contribution in [0.4, 0.5) is 0 Å². The molecule has 36 valence electrons. The Hall–Kier alpha value is -0.640. The summed E-state index contributed by atoms with van der Waals surface area (Å²) < 4.78 is 0. The molecule has 7 heavy (non-hydrogen) atoms. The molecule has 0 saturated heterocycles. The average Bonchev–Trinajstić information content (AvgIpc) is 1.69. The van der Waals surface area contributed by atoms with Crippen LogP contribution in [0, 0.1) is 12.0 Å². The largest absolute Gasteiger partial charge is 0.142 e. The number of thiocarbonyl (C=S) groups is 1. The number of rotatable bonds is 0. The van der Waals surface area contributed by atoms with E-state index in [0.717, 1.165) is 6.42 Å². The molecule has 0 N–H and O–H groups in total. The maximum atomic E-state index is 4.25. The molecule has 0 bridgehead atoms. The molecular weight excluding hydrogens is 106 g/mol. The van der Waals surface area contributed by atoms with E-state index in [9.17, 15) is 0 Å². The highest BCUT2D eigenvalue weighted by atomic mass is 32.1. The lowest BCUT2D eigenvalue weighted by molar-refractivity contribution is 1.27. The molecular formula is C5H5NS. The van der Waals surface area contributed by atoms with Crippen molar-refractivity contribution < 1.29 is 0 Å². The zero-order valence-electron chi connectivity index (χ0n) is 4.06. The van der Waals surface area contributed by atoms with Crippen LogP contribution in [0.3, 0.4) is 0 Å². The zero-order valence-corrected chi connectivity index (χ0v) is 4.88. The van der Waals surface area contributed by atoms with Crippen molar-refractivity contribution in [3.63, 3.8) is 0 Å². The second-order valence-corrected chi connectivity index (χ2v) is 1.03. The standard InChI is InChI=1S/C5H5NS/c1-2-3-4-6-5-7/h2H2,1H3. The van der Waals surface area contributed by atoms with Crippen molar-refractivity contribution in [2.45, 2.75) is 13.3 Å². The third kappa shape index (κ3) is 5.36. The van der Waals surface area contributed by atoms with Gasteiger partial charge in [-0.3, -0.25) is 0 Å². The summed E-state index contributed by atoms with van der Waals surface area (Å²) in [5, 5.41) is 2.14. The third-order valence-electron chi connectivity index (χ3n) is 0.357. The minimum atomic E-state index is 0.820. The van der Waals surface area contributed by atoms with Crippen molar-refractivity contribution in [3.05, 3.63) is 0 Å². The van der Waals surface area contributed by atoms with E-state index in [1.807, 2.05) is 6.92 Å². The number of hydrogen-bond acceptors (Lipinski definition) is 2. The van der Waals surface area contributed by atoms with Crippen molar-refractivity contribution in [1.82, 2.24) is 0 Å². The molecule has 0 saturated carbocycles. The summed E-state index contributed by atoms with van der Waals surface area (Å²) in [6.07, 6.45) is 0.820. The van der Waals surface area contributed by atoms with Gasteiger partial charge >= 0.3 is 0 Å². The molecule has 0 rings (SSSR count). The first kappa shape index (κ1) is 6.36. The summed E-state index contributed by atoms with van der Waals surface area (Å²) in [5.74, 6) is 2.70. The van der Waals surface area contributed by atoms with E-state index in [1.54, 1.807) is 0 Å². The Morgan fingerprint density at radius 1 is 1.71 bits per heavy atom. The van der Waals surface area contributed by atoms with Gasteiger partial charge in [0.1, 0.15) is 0 Å². The molecule has 0 aliphatic rings. The number of aliphatic imine (C=N–C) groups is 1. The Kier molecular flexibility index (Phi) is 4.87. The monoisotopic (exact) mass is 111 g/mol. The van der Waals surface area contributed by atoms with Gasteiger partial charge in [0.15, 0.2) is 0 Å². The van der Waals surface area contributed by atoms with E-state index in [2.05, 4.69) is 34.3 Å². The van der Waals surface area contributed by atoms with Crippen molar-refractivity contribution >= 4 is 17.4 Å². The lowest BCUT2D eigenvalue weighted by atomic mass is 10.5. The predicted molar refractivity (Wildman–Crippen MR) is 33.1 cm³/mol. The first-order valence-corrected chi connectivity index (χ1v) is 2.37. The highest BCUT2D eigenvalue weighted by Gasteiger charge is 1.54. The van der Waals surface area contributed by atoms with Gasteiger partial charge in [0.25, 0.3) is 0 Å². The van der Waals surface area contributed by atoms with Crippen LogP contribution in [0.5, 0.6) is 0 Å². The normalized spacial score (nSPS) is 5.29. The first-order valence-electron chi connectivity index (χ1n) is 1.96. The lowest BCUT2D eigenvalue weighted by Crippen LogP contribution is -1.49. The fraction of sp³-hybridized carbons (Fsp3) is 0.400. The van der Waals surface area contributed by atoms with Gasteiger partial charge in [-0.1, -0.05) is 12.8 Å². The van der Waals surface area contributed by atoms with Crippen LogP contribution < -0.4 is 0 Å². The van der Waals surface area contributed by atoms with E-state index in [-0.39, 0.29) is 0 Å². The summed E-state index contributed by atoms with van der Waals surface area (Å²) in [7, 11) is 0. The van der Waals surface area contributed by atoms with Gasteiger partial charge < -0.3 is 0 Å². The van der Waals surface area contributed by atoms with Gasteiger partial charge in [-0.25, -0.2) is 0 Å². The maximum absolute atomic E-state index is 4.25. The molecule has 0 aromatic heterocycles. The van der Waals surface area contributed by atoms with E-state index in [0.29, 0.717) is 0 Å². The molecule has 0 heterocycles. The Morgan fingerprint density at radius 2 is 2.43 bits per heavy atom. The highest BCUT2D eigenvalue weighted by molar-refractivity contribution is 7.78. The highest BCUT2D eigenvalue weighted by Crippen LogP contribution is 1.65. The van der Waals surface area contributed by atoms with Gasteiger partial charge in [0, 0.05) is 12.5 Å². The number of isothiocyanates is 1. The van der Waals surface area contributed by atoms with Gasteiger partial charge in [-0.2, -0.15) is 0 Å². The molecule has 0 atom stereocenters. The second-order valence-electron chi connectivity index (χ2n) is 0.845. The third-order valence-corrected chi connectivity index (χ3v) is 0.449.